The normalized spacial score (nSPS) is 8.42. The van der Waals surface area contributed by atoms with Gasteiger partial charge < -0.3 is 14.2 Å². The molecule has 5 heteroatoms. The minimum atomic E-state index is 0.398. The van der Waals surface area contributed by atoms with Crippen molar-refractivity contribution in [3.8, 4) is 0 Å². The van der Waals surface area contributed by atoms with Crippen molar-refractivity contribution in [3.05, 3.63) is 0 Å². The lowest BCUT2D eigenvalue weighted by atomic mass is 9.81. The Kier molecular flexibility index (Phi) is 52.0. The van der Waals surface area contributed by atoms with Crippen LogP contribution in [-0.2, 0) is 14.2 Å². The molecule has 0 unspecified atom stereocenters. The van der Waals surface area contributed by atoms with Crippen molar-refractivity contribution in [2.75, 3.05) is 33.0 Å². The summed E-state index contributed by atoms with van der Waals surface area (Å²) in [5.41, 5.74) is 0. The molecule has 0 fully saturated rings. The predicted molar refractivity (Wildman–Crippen MR) is 87.2 cm³/mol. The average molecular weight is 272 g/mol. The molecular weight excluding hydrogens is 238 g/mol. The van der Waals surface area contributed by atoms with E-state index in [4.69, 9.17) is 14.2 Å². The van der Waals surface area contributed by atoms with Crippen molar-refractivity contribution >= 4 is 15.5 Å². The maximum Gasteiger partial charge on any atom is 0.0518 e. The smallest absolute Gasteiger partial charge is 0.0518 e. The molecule has 0 aliphatic rings. The van der Waals surface area contributed by atoms with Gasteiger partial charge in [0.25, 0.3) is 0 Å². The van der Waals surface area contributed by atoms with Crippen molar-refractivity contribution in [1.29, 1.82) is 0 Å². The van der Waals surface area contributed by atoms with Gasteiger partial charge in [-0.15, -0.1) is 0 Å². The zero-order valence-electron chi connectivity index (χ0n) is 14.2. The summed E-state index contributed by atoms with van der Waals surface area (Å²) in [7, 11) is 8.00. The van der Waals surface area contributed by atoms with Gasteiger partial charge in [0.2, 0.25) is 0 Å². The average Bonchev–Trinajstić information content (AvgIpc) is 2.41. The molecule has 19 heavy (non-hydrogen) atoms. The quantitative estimate of drug-likeness (QED) is 0.526. The first-order valence-electron chi connectivity index (χ1n) is 7.20. The van der Waals surface area contributed by atoms with Crippen LogP contribution in [0.1, 0.15) is 54.9 Å². The van der Waals surface area contributed by atoms with Crippen LogP contribution in [0, 0.1) is 0 Å². The zero-order chi connectivity index (χ0) is 15.9. The molecule has 0 aromatic rings. The summed E-state index contributed by atoms with van der Waals surface area (Å²) in [5.74, 6) is 0. The molecule has 0 rings (SSSR count). The largest absolute Gasteiger partial charge is 0.382 e. The minimum Gasteiger partial charge on any atom is -0.382 e. The highest BCUT2D eigenvalue weighted by Crippen LogP contribution is 1.83. The zero-order valence-corrected chi connectivity index (χ0v) is 14.2. The first-order chi connectivity index (χ1) is 9.10. The Hall–Kier alpha value is 0.00987. The fourth-order valence-electron chi connectivity index (χ4n) is 0.826. The van der Waals surface area contributed by atoms with Crippen LogP contribution >= 0.6 is 0 Å². The second-order valence-electron chi connectivity index (χ2n) is 3.48. The molecule has 4 radical (unpaired) electrons. The van der Waals surface area contributed by atoms with Crippen LogP contribution in [-0.4, -0.2) is 54.6 Å². The van der Waals surface area contributed by atoms with E-state index in [9.17, 15) is 0 Å². The van der Waals surface area contributed by atoms with Gasteiger partial charge in [-0.25, -0.2) is 0 Å². The standard InChI is InChI=1S/2C5H12O.C4H10O.B2/c1-4-6-5(2)3;1-3-5-6-4-2;1-3-5-4-2;1-2/h5H,4H2,1-3H3;3-5H2,1-2H3;3-4H2,1-2H3;. The summed E-state index contributed by atoms with van der Waals surface area (Å²) in [5, 5.41) is 0. The van der Waals surface area contributed by atoms with E-state index in [0.717, 1.165) is 39.5 Å². The minimum absolute atomic E-state index is 0.398. The van der Waals surface area contributed by atoms with E-state index in [1.807, 2.05) is 41.5 Å². The molecule has 0 bridgehead atoms. The fraction of sp³-hybridized carbons (Fsp3) is 1.00. The molecule has 0 aromatic carbocycles. The van der Waals surface area contributed by atoms with Gasteiger partial charge in [-0.3, -0.25) is 0 Å². The summed E-state index contributed by atoms with van der Waals surface area (Å²) >= 11 is 0. The Morgan fingerprint density at radius 3 is 1.21 bits per heavy atom. The molecule has 0 aliphatic heterocycles. The van der Waals surface area contributed by atoms with E-state index < -0.39 is 0 Å². The van der Waals surface area contributed by atoms with E-state index in [1.54, 1.807) is 0 Å². The SMILES string of the molecule is CCCOCC.CCOC(C)C.CCOCC.[B][B]. The molecule has 114 valence electrons. The highest BCUT2D eigenvalue weighted by atomic mass is 16.5. The maximum absolute atomic E-state index is 5.04. The first kappa shape index (κ1) is 27.4. The first-order valence-corrected chi connectivity index (χ1v) is 7.20. The second kappa shape index (κ2) is 36.1. The van der Waals surface area contributed by atoms with Crippen molar-refractivity contribution in [3.63, 3.8) is 0 Å². The van der Waals surface area contributed by atoms with E-state index in [0.29, 0.717) is 6.10 Å². The molecule has 0 N–H and O–H groups in total. The molecule has 0 atom stereocenters. The lowest BCUT2D eigenvalue weighted by Crippen LogP contribution is -1.99. The molecule has 0 heterocycles. The number of hydrogen-bond donors (Lipinski definition) is 0. The van der Waals surface area contributed by atoms with Gasteiger partial charge >= 0.3 is 0 Å². The molecule has 0 saturated carbocycles. The fourth-order valence-corrected chi connectivity index (χ4v) is 0.826. The highest BCUT2D eigenvalue weighted by molar-refractivity contribution is 6.75. The molecule has 0 spiro atoms. The van der Waals surface area contributed by atoms with Crippen LogP contribution in [0.15, 0.2) is 0 Å². The van der Waals surface area contributed by atoms with Crippen molar-refractivity contribution in [2.45, 2.75) is 61.0 Å². The lowest BCUT2D eigenvalue weighted by molar-refractivity contribution is 0.0899. The Bertz CT molecular complexity index is 98.7. The van der Waals surface area contributed by atoms with Crippen molar-refractivity contribution < 1.29 is 14.2 Å². The summed E-state index contributed by atoms with van der Waals surface area (Å²) < 4.78 is 14.9. The van der Waals surface area contributed by atoms with Crippen LogP contribution < -0.4 is 0 Å². The van der Waals surface area contributed by atoms with Crippen LogP contribution in [0.2, 0.25) is 0 Å². The molecule has 0 saturated heterocycles. The van der Waals surface area contributed by atoms with Crippen LogP contribution in [0.5, 0.6) is 0 Å². The lowest BCUT2D eigenvalue weighted by Gasteiger charge is -2.00. The summed E-state index contributed by atoms with van der Waals surface area (Å²) in [6.45, 7) is 18.4. The summed E-state index contributed by atoms with van der Waals surface area (Å²) in [6, 6.07) is 0. The molecule has 0 amide bonds. The van der Waals surface area contributed by atoms with Crippen molar-refractivity contribution in [2.24, 2.45) is 0 Å². The molecule has 0 aromatic heterocycles. The third-order valence-corrected chi connectivity index (χ3v) is 1.46. The van der Waals surface area contributed by atoms with Gasteiger partial charge in [0.15, 0.2) is 0 Å². The van der Waals surface area contributed by atoms with Gasteiger partial charge in [0.1, 0.15) is 0 Å². The summed E-state index contributed by atoms with van der Waals surface area (Å²) in [4.78, 5) is 0. The van der Waals surface area contributed by atoms with Crippen LogP contribution in [0.25, 0.3) is 0 Å². The number of ether oxygens (including phenoxy) is 3. The maximum atomic E-state index is 5.04. The van der Waals surface area contributed by atoms with Gasteiger partial charge in [-0.1, -0.05) is 6.92 Å². The number of rotatable bonds is 7. The Morgan fingerprint density at radius 1 is 0.737 bits per heavy atom. The van der Waals surface area contributed by atoms with Gasteiger partial charge in [-0.05, 0) is 48.0 Å². The second-order valence-corrected chi connectivity index (χ2v) is 3.48. The molecular formula is C14H34B2O3. The van der Waals surface area contributed by atoms with Crippen LogP contribution in [0.4, 0.5) is 0 Å². The van der Waals surface area contributed by atoms with E-state index in [-0.39, 0.29) is 0 Å². The van der Waals surface area contributed by atoms with Gasteiger partial charge in [-0.2, -0.15) is 0 Å². The third kappa shape index (κ3) is 72.0. The Balaban J connectivity index is -0.0000000835. The molecule has 0 aliphatic carbocycles. The van der Waals surface area contributed by atoms with Gasteiger partial charge in [0.05, 0.1) is 6.10 Å². The van der Waals surface area contributed by atoms with E-state index in [2.05, 4.69) is 22.4 Å². The van der Waals surface area contributed by atoms with E-state index >= 15 is 0 Å². The highest BCUT2D eigenvalue weighted by Gasteiger charge is 1.83. The van der Waals surface area contributed by atoms with E-state index in [1.165, 1.54) is 0 Å². The summed E-state index contributed by atoms with van der Waals surface area (Å²) in [6.07, 6.45) is 1.53. The Morgan fingerprint density at radius 2 is 1.16 bits per heavy atom. The Labute approximate surface area is 124 Å². The monoisotopic (exact) mass is 272 g/mol. The number of hydrogen-bond acceptors (Lipinski definition) is 3. The van der Waals surface area contributed by atoms with Crippen molar-refractivity contribution in [1.82, 2.24) is 0 Å². The van der Waals surface area contributed by atoms with Crippen LogP contribution in [0.3, 0.4) is 0 Å². The third-order valence-electron chi connectivity index (χ3n) is 1.46. The van der Waals surface area contributed by atoms with Gasteiger partial charge in [0, 0.05) is 48.5 Å². The predicted octanol–water partition coefficient (Wildman–Crippen LogP) is 3.15. The molecule has 3 nitrogen and oxygen atoms in total. The topological polar surface area (TPSA) is 27.7 Å².